The predicted molar refractivity (Wildman–Crippen MR) is 87.7 cm³/mol. The summed E-state index contributed by atoms with van der Waals surface area (Å²) in [6, 6.07) is 17.3. The molecule has 1 N–H and O–H groups in total. The van der Waals surface area contributed by atoms with Gasteiger partial charge >= 0.3 is 0 Å². The maximum atomic E-state index is 7.44. The molecule has 0 unspecified atom stereocenters. The molecule has 3 aromatic rings. The Labute approximate surface area is 130 Å². The van der Waals surface area contributed by atoms with Crippen molar-refractivity contribution < 1.29 is 5.21 Å². The molecule has 0 spiro atoms. The Bertz CT molecular complexity index is 548. The average Bonchev–Trinajstić information content (AvgIpc) is 2.65. The number of hydrogen-bond donors (Lipinski definition) is 1. The molecule has 0 aliphatic rings. The lowest BCUT2D eigenvalue weighted by Gasteiger charge is -1.96. The Hall–Kier alpha value is -3.08. The minimum Gasteiger partial charge on any atom is -0.411 e. The Morgan fingerprint density at radius 2 is 1.23 bits per heavy atom. The van der Waals surface area contributed by atoms with E-state index in [1.807, 2.05) is 54.6 Å². The van der Waals surface area contributed by atoms with Crippen molar-refractivity contribution in [1.29, 1.82) is 0 Å². The van der Waals surface area contributed by atoms with Crippen LogP contribution in [0.1, 0.15) is 6.92 Å². The summed E-state index contributed by atoms with van der Waals surface area (Å²) >= 11 is 0. The van der Waals surface area contributed by atoms with E-state index in [1.165, 1.54) is 6.21 Å². The summed E-state index contributed by atoms with van der Waals surface area (Å²) < 4.78 is 0. The fourth-order valence-electron chi connectivity index (χ4n) is 1.34. The zero-order valence-corrected chi connectivity index (χ0v) is 12.3. The molecule has 0 atom stereocenters. The first-order chi connectivity index (χ1) is 10.9. The van der Waals surface area contributed by atoms with E-state index < -0.39 is 0 Å². The van der Waals surface area contributed by atoms with Crippen molar-refractivity contribution in [2.45, 2.75) is 6.92 Å². The van der Waals surface area contributed by atoms with Crippen LogP contribution in [0.4, 0.5) is 0 Å². The van der Waals surface area contributed by atoms with Gasteiger partial charge in [0.1, 0.15) is 0 Å². The van der Waals surface area contributed by atoms with Crippen LogP contribution in [0.2, 0.25) is 0 Å². The van der Waals surface area contributed by atoms with Crippen LogP contribution in [-0.4, -0.2) is 26.4 Å². The summed E-state index contributed by atoms with van der Waals surface area (Å²) in [6.45, 7) is 1.64. The topological polar surface area (TPSA) is 71.3 Å². The summed E-state index contributed by atoms with van der Waals surface area (Å²) in [4.78, 5) is 12.2. The highest BCUT2D eigenvalue weighted by molar-refractivity contribution is 5.52. The molecule has 5 heteroatoms. The Morgan fingerprint density at radius 1 is 0.773 bits per heavy atom. The Kier molecular flexibility index (Phi) is 9.04. The van der Waals surface area contributed by atoms with E-state index in [-0.39, 0.29) is 0 Å². The van der Waals surface area contributed by atoms with Gasteiger partial charge in [-0.05, 0) is 43.3 Å². The van der Waals surface area contributed by atoms with Gasteiger partial charge < -0.3 is 5.21 Å². The second-order valence-corrected chi connectivity index (χ2v) is 3.83. The lowest BCUT2D eigenvalue weighted by molar-refractivity contribution is 0.321. The first-order valence-corrected chi connectivity index (χ1v) is 6.68. The fourth-order valence-corrected chi connectivity index (χ4v) is 1.34. The highest BCUT2D eigenvalue weighted by Gasteiger charge is 1.95. The maximum absolute atomic E-state index is 7.44. The van der Waals surface area contributed by atoms with Crippen molar-refractivity contribution in [2.24, 2.45) is 5.16 Å². The van der Waals surface area contributed by atoms with Crippen LogP contribution >= 0.6 is 0 Å². The van der Waals surface area contributed by atoms with Crippen LogP contribution < -0.4 is 0 Å². The maximum Gasteiger partial charge on any atom is 0.0886 e. The molecular weight excluding hydrogens is 276 g/mol. The molecule has 0 saturated carbocycles. The third-order valence-electron chi connectivity index (χ3n) is 2.27. The third-order valence-corrected chi connectivity index (χ3v) is 2.27. The van der Waals surface area contributed by atoms with E-state index in [0.29, 0.717) is 0 Å². The minimum atomic E-state index is 0.915. The monoisotopic (exact) mass is 294 g/mol. The van der Waals surface area contributed by atoms with E-state index in [2.05, 4.69) is 20.1 Å². The van der Waals surface area contributed by atoms with Gasteiger partial charge in [-0.2, -0.15) is 0 Å². The van der Waals surface area contributed by atoms with Gasteiger partial charge in [-0.1, -0.05) is 18.2 Å². The SMILES string of the molecule is C/C=N/O.c1ccc(-c2ccccn2)nc1.c1ccncc1. The summed E-state index contributed by atoms with van der Waals surface area (Å²) in [6.07, 6.45) is 8.34. The molecule has 3 aromatic heterocycles. The molecule has 0 saturated heterocycles. The molecule has 0 fully saturated rings. The van der Waals surface area contributed by atoms with Crippen LogP contribution in [0.15, 0.2) is 84.5 Å². The van der Waals surface area contributed by atoms with E-state index in [1.54, 1.807) is 31.7 Å². The fraction of sp³-hybridized carbons (Fsp3) is 0.0588. The van der Waals surface area contributed by atoms with Crippen molar-refractivity contribution in [1.82, 2.24) is 15.0 Å². The van der Waals surface area contributed by atoms with Gasteiger partial charge in [0.25, 0.3) is 0 Å². The first kappa shape index (κ1) is 17.0. The second-order valence-electron chi connectivity index (χ2n) is 3.83. The number of rotatable bonds is 1. The third kappa shape index (κ3) is 7.49. The molecule has 112 valence electrons. The van der Waals surface area contributed by atoms with Crippen LogP contribution in [0.3, 0.4) is 0 Å². The van der Waals surface area contributed by atoms with E-state index >= 15 is 0 Å². The quantitative estimate of drug-likeness (QED) is 0.422. The van der Waals surface area contributed by atoms with Crippen molar-refractivity contribution >= 4 is 6.21 Å². The normalized spacial score (nSPS) is 9.14. The van der Waals surface area contributed by atoms with Crippen LogP contribution in [-0.2, 0) is 0 Å². The molecule has 0 aliphatic carbocycles. The van der Waals surface area contributed by atoms with Crippen molar-refractivity contribution in [3.63, 3.8) is 0 Å². The molecule has 0 aliphatic heterocycles. The molecule has 0 amide bonds. The van der Waals surface area contributed by atoms with E-state index in [0.717, 1.165) is 11.4 Å². The molecule has 3 rings (SSSR count). The summed E-state index contributed by atoms with van der Waals surface area (Å²) in [7, 11) is 0. The van der Waals surface area contributed by atoms with Crippen LogP contribution in [0.25, 0.3) is 11.4 Å². The summed E-state index contributed by atoms with van der Waals surface area (Å²) in [5, 5.41) is 10.1. The van der Waals surface area contributed by atoms with Gasteiger partial charge in [-0.25, -0.2) is 0 Å². The number of hydrogen-bond acceptors (Lipinski definition) is 5. The summed E-state index contributed by atoms with van der Waals surface area (Å²) in [5.41, 5.74) is 1.83. The molecular formula is C17H18N4O. The zero-order chi connectivity index (χ0) is 15.9. The predicted octanol–water partition coefficient (Wildman–Crippen LogP) is 3.69. The van der Waals surface area contributed by atoms with Gasteiger partial charge in [0, 0.05) is 31.0 Å². The number of nitrogens with zero attached hydrogens (tertiary/aromatic N) is 4. The average molecular weight is 294 g/mol. The Morgan fingerprint density at radius 3 is 1.45 bits per heavy atom. The smallest absolute Gasteiger partial charge is 0.0886 e. The van der Waals surface area contributed by atoms with Gasteiger partial charge in [-0.15, -0.1) is 5.16 Å². The van der Waals surface area contributed by atoms with Crippen molar-refractivity contribution in [3.8, 4) is 11.4 Å². The van der Waals surface area contributed by atoms with Crippen molar-refractivity contribution in [3.05, 3.63) is 79.4 Å². The van der Waals surface area contributed by atoms with Gasteiger partial charge in [0.15, 0.2) is 0 Å². The zero-order valence-electron chi connectivity index (χ0n) is 12.3. The van der Waals surface area contributed by atoms with E-state index in [4.69, 9.17) is 5.21 Å². The van der Waals surface area contributed by atoms with Gasteiger partial charge in [-0.3, -0.25) is 15.0 Å². The lowest BCUT2D eigenvalue weighted by atomic mass is 10.2. The highest BCUT2D eigenvalue weighted by Crippen LogP contribution is 2.10. The lowest BCUT2D eigenvalue weighted by Crippen LogP contribution is -1.83. The number of pyridine rings is 3. The molecule has 0 bridgehead atoms. The molecule has 3 heterocycles. The summed E-state index contributed by atoms with van der Waals surface area (Å²) in [5.74, 6) is 0. The largest absolute Gasteiger partial charge is 0.411 e. The number of oxime groups is 1. The minimum absolute atomic E-state index is 0.915. The van der Waals surface area contributed by atoms with Crippen LogP contribution in [0.5, 0.6) is 0 Å². The highest BCUT2D eigenvalue weighted by atomic mass is 16.4. The number of aromatic nitrogens is 3. The first-order valence-electron chi connectivity index (χ1n) is 6.68. The van der Waals surface area contributed by atoms with Crippen molar-refractivity contribution in [2.75, 3.05) is 0 Å². The second kappa shape index (κ2) is 11.7. The standard InChI is InChI=1S/C10H8N2.C5H5N.C2H5NO/c1-3-7-11-9(5-1)10-6-2-4-8-12-10;1-2-4-6-5-3-1;1-2-3-4/h1-8H;1-5H;2,4H,1H3/b;;3-2+. The molecule has 22 heavy (non-hydrogen) atoms. The molecule has 5 nitrogen and oxygen atoms in total. The Balaban J connectivity index is 0.000000203. The molecule has 0 radical (unpaired) electrons. The van der Waals surface area contributed by atoms with E-state index in [9.17, 15) is 0 Å². The molecule has 0 aromatic carbocycles. The van der Waals surface area contributed by atoms with Crippen LogP contribution in [0, 0.1) is 0 Å². The van der Waals surface area contributed by atoms with Gasteiger partial charge in [0.05, 0.1) is 11.4 Å². The van der Waals surface area contributed by atoms with Gasteiger partial charge in [0.2, 0.25) is 0 Å².